The molecule has 8 nitrogen and oxygen atoms in total. The lowest BCUT2D eigenvalue weighted by Crippen LogP contribution is -2.21. The first-order valence-corrected chi connectivity index (χ1v) is 11.9. The molecule has 0 aliphatic rings. The molecule has 0 radical (unpaired) electrons. The molecule has 0 aliphatic carbocycles. The first-order chi connectivity index (χ1) is 16.3. The van der Waals surface area contributed by atoms with Gasteiger partial charge in [0.2, 0.25) is 10.9 Å². The van der Waals surface area contributed by atoms with E-state index < -0.39 is 22.4 Å². The van der Waals surface area contributed by atoms with Crippen molar-refractivity contribution in [3.8, 4) is 11.5 Å². The molecule has 192 valence electrons. The van der Waals surface area contributed by atoms with E-state index in [9.17, 15) is 29.4 Å². The van der Waals surface area contributed by atoms with Gasteiger partial charge in [-0.15, -0.1) is 0 Å². The van der Waals surface area contributed by atoms with Crippen molar-refractivity contribution >= 4 is 11.6 Å². The van der Waals surface area contributed by atoms with Gasteiger partial charge in [0.15, 0.2) is 11.5 Å². The van der Waals surface area contributed by atoms with Crippen LogP contribution in [-0.4, -0.2) is 21.8 Å². The topological polar surface area (TPSA) is 135 Å². The zero-order chi connectivity index (χ0) is 26.2. The highest BCUT2D eigenvalue weighted by Gasteiger charge is 2.24. The molecule has 0 bridgehead atoms. The molecule has 0 saturated heterocycles. The van der Waals surface area contributed by atoms with Gasteiger partial charge in [0.05, 0.1) is 6.26 Å². The lowest BCUT2D eigenvalue weighted by atomic mass is 9.81. The van der Waals surface area contributed by atoms with Gasteiger partial charge in [-0.05, 0) is 36.5 Å². The second-order valence-electron chi connectivity index (χ2n) is 10.8. The Morgan fingerprint density at radius 1 is 0.800 bits per heavy atom. The van der Waals surface area contributed by atoms with E-state index >= 15 is 0 Å². The number of hydrogen-bond donors (Lipinski definition) is 2. The Kier molecular flexibility index (Phi) is 9.63. The van der Waals surface area contributed by atoms with Crippen LogP contribution in [0.1, 0.15) is 84.0 Å². The third kappa shape index (κ3) is 9.54. The highest BCUT2D eigenvalue weighted by Crippen LogP contribution is 2.29. The fourth-order valence-electron chi connectivity index (χ4n) is 3.96. The van der Waals surface area contributed by atoms with E-state index in [1.807, 2.05) is 27.7 Å². The molecule has 0 fully saturated rings. The fourth-order valence-corrected chi connectivity index (χ4v) is 3.96. The lowest BCUT2D eigenvalue weighted by molar-refractivity contribution is -0.121. The molecule has 35 heavy (non-hydrogen) atoms. The number of rotatable bonds is 14. The van der Waals surface area contributed by atoms with Crippen molar-refractivity contribution in [1.82, 2.24) is 0 Å². The van der Waals surface area contributed by atoms with Crippen molar-refractivity contribution < 1.29 is 28.6 Å². The summed E-state index contributed by atoms with van der Waals surface area (Å²) in [5.74, 6) is -0.215. The molecule has 8 heteroatoms. The van der Waals surface area contributed by atoms with Gasteiger partial charge >= 0.3 is 0 Å². The predicted molar refractivity (Wildman–Crippen MR) is 131 cm³/mol. The summed E-state index contributed by atoms with van der Waals surface area (Å²) in [4.78, 5) is 48.2. The molecule has 2 aromatic heterocycles. The largest absolute Gasteiger partial charge is 0.502 e. The fraction of sp³-hybridized carbons (Fsp3) is 0.556. The maximum atomic E-state index is 12.3. The van der Waals surface area contributed by atoms with E-state index in [1.54, 1.807) is 0 Å². The van der Waals surface area contributed by atoms with Gasteiger partial charge in [-0.2, -0.15) is 0 Å². The summed E-state index contributed by atoms with van der Waals surface area (Å²) in [7, 11) is 0. The maximum absolute atomic E-state index is 12.3. The quantitative estimate of drug-likeness (QED) is 0.390. The number of ketones is 2. The predicted octanol–water partition coefficient (Wildman–Crippen LogP) is 4.71. The third-order valence-electron chi connectivity index (χ3n) is 6.17. The molecule has 2 heterocycles. The molecule has 0 atom stereocenters. The van der Waals surface area contributed by atoms with Gasteiger partial charge in [0.1, 0.15) is 29.9 Å². The van der Waals surface area contributed by atoms with E-state index in [0.717, 1.165) is 12.5 Å². The van der Waals surface area contributed by atoms with Crippen LogP contribution in [0.2, 0.25) is 0 Å². The zero-order valence-electron chi connectivity index (χ0n) is 21.0. The Hall–Kier alpha value is -3.16. The molecule has 2 rings (SSSR count). The standard InChI is InChI=1S/C27H36O8/c1-26(2,13-18-15-34-16-24(32)25(18)33)10-8-19(28)6-5-7-20(29)9-11-27(3,4)14-21-12-22(30)23(31)17-35-21/h12,15-17,31-32H,5-11,13-14H2,1-4H3. The Morgan fingerprint density at radius 2 is 1.37 bits per heavy atom. The van der Waals surface area contributed by atoms with Crippen LogP contribution in [0.25, 0.3) is 0 Å². The molecule has 2 aromatic rings. The molecule has 0 aromatic carbocycles. The van der Waals surface area contributed by atoms with E-state index in [2.05, 4.69) is 0 Å². The average molecular weight is 489 g/mol. The Morgan fingerprint density at radius 3 is 1.94 bits per heavy atom. The summed E-state index contributed by atoms with van der Waals surface area (Å²) in [6.07, 6.45) is 7.31. The third-order valence-corrected chi connectivity index (χ3v) is 6.17. The maximum Gasteiger partial charge on any atom is 0.229 e. The summed E-state index contributed by atoms with van der Waals surface area (Å²) in [6.45, 7) is 7.88. The van der Waals surface area contributed by atoms with Crippen molar-refractivity contribution in [3.63, 3.8) is 0 Å². The minimum atomic E-state index is -0.490. The summed E-state index contributed by atoms with van der Waals surface area (Å²) in [5.41, 5.74) is -1.16. The molecular weight excluding hydrogens is 452 g/mol. The number of Topliss-reactive ketones (excluding diaryl/α,β-unsaturated/α-hetero) is 2. The molecule has 0 spiro atoms. The zero-order valence-corrected chi connectivity index (χ0v) is 21.0. The van der Waals surface area contributed by atoms with Gasteiger partial charge in [-0.1, -0.05) is 27.7 Å². The van der Waals surface area contributed by atoms with Crippen LogP contribution in [0.4, 0.5) is 0 Å². The first-order valence-electron chi connectivity index (χ1n) is 11.9. The molecule has 0 amide bonds. The number of hydrogen-bond acceptors (Lipinski definition) is 8. The number of carbonyl (C=O) groups excluding carboxylic acids is 2. The molecule has 0 unspecified atom stereocenters. The molecule has 0 saturated carbocycles. The Balaban J connectivity index is 1.70. The van der Waals surface area contributed by atoms with Crippen LogP contribution in [0, 0.1) is 10.8 Å². The van der Waals surface area contributed by atoms with Crippen LogP contribution >= 0.6 is 0 Å². The van der Waals surface area contributed by atoms with E-state index in [1.165, 1.54) is 12.3 Å². The average Bonchev–Trinajstić information content (AvgIpc) is 2.76. The van der Waals surface area contributed by atoms with Gasteiger partial charge < -0.3 is 19.0 Å². The SMILES string of the molecule is CC(C)(CCC(=O)CCCC(=O)CCC(C)(C)Cc1cocc(O)c1=O)Cc1cc(=O)c(O)co1. The van der Waals surface area contributed by atoms with E-state index in [4.69, 9.17) is 8.83 Å². The van der Waals surface area contributed by atoms with Crippen molar-refractivity contribution in [2.45, 2.75) is 85.5 Å². The Bertz CT molecular complexity index is 1140. The van der Waals surface area contributed by atoms with Gasteiger partial charge in [0.25, 0.3) is 0 Å². The van der Waals surface area contributed by atoms with E-state index in [0.29, 0.717) is 69.1 Å². The minimum absolute atomic E-state index is 0.0801. The van der Waals surface area contributed by atoms with Crippen LogP contribution in [0.15, 0.2) is 43.3 Å². The van der Waals surface area contributed by atoms with Crippen LogP contribution in [0.3, 0.4) is 0 Å². The second kappa shape index (κ2) is 12.0. The normalized spacial score (nSPS) is 12.0. The van der Waals surface area contributed by atoms with Gasteiger partial charge in [0, 0.05) is 43.7 Å². The summed E-state index contributed by atoms with van der Waals surface area (Å²) in [5, 5.41) is 18.8. The molecule has 2 N–H and O–H groups in total. The van der Waals surface area contributed by atoms with Crippen molar-refractivity contribution in [2.75, 3.05) is 0 Å². The monoisotopic (exact) mass is 488 g/mol. The first kappa shape index (κ1) is 28.1. The number of aromatic hydroxyl groups is 2. The highest BCUT2D eigenvalue weighted by atomic mass is 16.4. The van der Waals surface area contributed by atoms with Crippen LogP contribution in [0.5, 0.6) is 11.5 Å². The van der Waals surface area contributed by atoms with Crippen LogP contribution < -0.4 is 10.9 Å². The van der Waals surface area contributed by atoms with E-state index in [-0.39, 0.29) is 22.4 Å². The smallest absolute Gasteiger partial charge is 0.229 e. The second-order valence-corrected chi connectivity index (χ2v) is 10.8. The van der Waals surface area contributed by atoms with Gasteiger partial charge in [-0.3, -0.25) is 19.2 Å². The Labute approximate surface area is 205 Å². The summed E-state index contributed by atoms with van der Waals surface area (Å²) >= 11 is 0. The van der Waals surface area contributed by atoms with Crippen molar-refractivity contribution in [3.05, 3.63) is 56.6 Å². The summed E-state index contributed by atoms with van der Waals surface area (Å²) in [6, 6.07) is 1.27. The van der Waals surface area contributed by atoms with Crippen molar-refractivity contribution in [2.24, 2.45) is 10.8 Å². The van der Waals surface area contributed by atoms with Crippen molar-refractivity contribution in [1.29, 1.82) is 0 Å². The molecular formula is C27H36O8. The van der Waals surface area contributed by atoms with Crippen LogP contribution in [-0.2, 0) is 22.4 Å². The highest BCUT2D eigenvalue weighted by molar-refractivity contribution is 5.81. The minimum Gasteiger partial charge on any atom is -0.502 e. The lowest BCUT2D eigenvalue weighted by Gasteiger charge is -2.24. The number of carbonyl (C=O) groups is 2. The summed E-state index contributed by atoms with van der Waals surface area (Å²) < 4.78 is 10.2. The van der Waals surface area contributed by atoms with Gasteiger partial charge in [-0.25, -0.2) is 0 Å². The molecule has 0 aliphatic heterocycles.